The van der Waals surface area contributed by atoms with Crippen LogP contribution in [0.25, 0.3) is 0 Å². The minimum atomic E-state index is -4.51. The molecule has 134 valence electrons. The molecule has 2 radical (unpaired) electrons. The SMILES string of the molecule is [CH]C(C)(C)OC(=O)N1CCC2(CC1)C(C(F)(F)F)=Nc1ccccc12. The number of nitrogens with zero attached hydrogens (tertiary/aromatic N) is 2. The van der Waals surface area contributed by atoms with Gasteiger partial charge in [0.15, 0.2) is 0 Å². The van der Waals surface area contributed by atoms with E-state index < -0.39 is 29.0 Å². The molecule has 0 saturated carbocycles. The molecule has 0 aromatic heterocycles. The van der Waals surface area contributed by atoms with Crippen molar-refractivity contribution in [3.63, 3.8) is 0 Å². The van der Waals surface area contributed by atoms with E-state index in [1.165, 1.54) is 18.7 Å². The van der Waals surface area contributed by atoms with E-state index in [0.29, 0.717) is 11.3 Å². The molecular formula is C18H19F3N2O2. The molecule has 0 aliphatic carbocycles. The van der Waals surface area contributed by atoms with E-state index in [1.807, 2.05) is 0 Å². The van der Waals surface area contributed by atoms with Gasteiger partial charge in [-0.15, -0.1) is 0 Å². The lowest BCUT2D eigenvalue weighted by molar-refractivity contribution is -0.0651. The van der Waals surface area contributed by atoms with Crippen LogP contribution in [0.3, 0.4) is 0 Å². The number of piperidine rings is 1. The smallest absolute Gasteiger partial charge is 0.430 e. The molecule has 7 heteroatoms. The lowest BCUT2D eigenvalue weighted by atomic mass is 9.70. The largest absolute Gasteiger partial charge is 0.443 e. The van der Waals surface area contributed by atoms with Crippen molar-refractivity contribution in [1.82, 2.24) is 4.90 Å². The first kappa shape index (κ1) is 17.8. The third-order valence-electron chi connectivity index (χ3n) is 4.60. The number of carbonyl (C=O) groups is 1. The van der Waals surface area contributed by atoms with Gasteiger partial charge in [0, 0.05) is 25.4 Å². The predicted octanol–water partition coefficient (Wildman–Crippen LogP) is 4.29. The monoisotopic (exact) mass is 352 g/mol. The van der Waals surface area contributed by atoms with Crippen LogP contribution < -0.4 is 0 Å². The number of rotatable bonds is 1. The van der Waals surface area contributed by atoms with Gasteiger partial charge in [0.05, 0.1) is 5.69 Å². The number of para-hydroxylation sites is 1. The summed E-state index contributed by atoms with van der Waals surface area (Å²) in [4.78, 5) is 17.4. The lowest BCUT2D eigenvalue weighted by Crippen LogP contribution is -2.52. The number of carbonyl (C=O) groups excluding carboxylic acids is 1. The van der Waals surface area contributed by atoms with Gasteiger partial charge in [0.25, 0.3) is 0 Å². The molecule has 2 aliphatic heterocycles. The summed E-state index contributed by atoms with van der Waals surface area (Å²) in [7, 11) is 0. The first-order valence-corrected chi connectivity index (χ1v) is 8.06. The normalized spacial score (nSPS) is 19.6. The van der Waals surface area contributed by atoms with Crippen LogP contribution in [-0.2, 0) is 10.2 Å². The Labute approximate surface area is 144 Å². The second-order valence-corrected chi connectivity index (χ2v) is 7.02. The molecule has 1 spiro atoms. The maximum atomic E-state index is 13.6. The van der Waals surface area contributed by atoms with Crippen molar-refractivity contribution in [3.8, 4) is 0 Å². The Balaban J connectivity index is 1.85. The topological polar surface area (TPSA) is 41.9 Å². The van der Waals surface area contributed by atoms with Crippen LogP contribution in [0, 0.1) is 6.92 Å². The van der Waals surface area contributed by atoms with Crippen molar-refractivity contribution in [2.45, 2.75) is 43.9 Å². The van der Waals surface area contributed by atoms with E-state index >= 15 is 0 Å². The molecular weight excluding hydrogens is 333 g/mol. The molecule has 1 aromatic rings. The Hall–Kier alpha value is -2.05. The summed E-state index contributed by atoms with van der Waals surface area (Å²) in [6.45, 7) is 9.05. The number of likely N-dealkylation sites (tertiary alicyclic amines) is 1. The quantitative estimate of drug-likeness (QED) is 0.756. The summed E-state index contributed by atoms with van der Waals surface area (Å²) >= 11 is 0. The summed E-state index contributed by atoms with van der Waals surface area (Å²) in [5, 5.41) is 0. The fourth-order valence-corrected chi connectivity index (χ4v) is 3.53. The van der Waals surface area contributed by atoms with Crippen molar-refractivity contribution >= 4 is 17.5 Å². The van der Waals surface area contributed by atoms with Crippen molar-refractivity contribution in [2.75, 3.05) is 13.1 Å². The molecule has 0 bridgehead atoms. The van der Waals surface area contributed by atoms with Gasteiger partial charge in [0.2, 0.25) is 0 Å². The third kappa shape index (κ3) is 3.24. The number of ether oxygens (including phenoxy) is 1. The maximum Gasteiger partial charge on any atom is 0.430 e. The zero-order chi connectivity index (χ0) is 18.5. The minimum Gasteiger partial charge on any atom is -0.443 e. The molecule has 25 heavy (non-hydrogen) atoms. The van der Waals surface area contributed by atoms with Crippen LogP contribution in [0.1, 0.15) is 32.3 Å². The average molecular weight is 352 g/mol. The Morgan fingerprint density at radius 2 is 1.84 bits per heavy atom. The highest BCUT2D eigenvalue weighted by Gasteiger charge is 2.56. The third-order valence-corrected chi connectivity index (χ3v) is 4.60. The number of halogens is 3. The lowest BCUT2D eigenvalue weighted by Gasteiger charge is -2.41. The Morgan fingerprint density at radius 1 is 1.24 bits per heavy atom. The second kappa shape index (κ2) is 5.75. The van der Waals surface area contributed by atoms with Gasteiger partial charge < -0.3 is 9.64 Å². The second-order valence-electron chi connectivity index (χ2n) is 7.02. The van der Waals surface area contributed by atoms with Gasteiger partial charge in [0.1, 0.15) is 11.3 Å². The van der Waals surface area contributed by atoms with Crippen LogP contribution in [0.15, 0.2) is 29.3 Å². The zero-order valence-corrected chi connectivity index (χ0v) is 14.1. The van der Waals surface area contributed by atoms with Gasteiger partial charge in [-0.2, -0.15) is 13.2 Å². The number of aliphatic imine (C=N–C) groups is 1. The number of hydrogen-bond acceptors (Lipinski definition) is 3. The Bertz CT molecular complexity index is 712. The highest BCUT2D eigenvalue weighted by molar-refractivity contribution is 6.05. The molecule has 1 aromatic carbocycles. The van der Waals surface area contributed by atoms with Gasteiger partial charge in [-0.05, 0) is 38.3 Å². The van der Waals surface area contributed by atoms with Crippen molar-refractivity contribution < 1.29 is 22.7 Å². The van der Waals surface area contributed by atoms with Crippen molar-refractivity contribution in [1.29, 1.82) is 0 Å². The average Bonchev–Trinajstić information content (AvgIpc) is 2.81. The first-order chi connectivity index (χ1) is 11.5. The predicted molar refractivity (Wildman–Crippen MR) is 86.9 cm³/mol. The standard InChI is InChI=1S/C18H19F3N2O2/c1-16(2,3)25-15(24)23-10-8-17(9-11-23)12-6-4-5-7-13(12)22-14(17)18(19,20)21/h1,4-7H,8-11H2,2-3H3. The van der Waals surface area contributed by atoms with E-state index in [4.69, 9.17) is 11.7 Å². The van der Waals surface area contributed by atoms with Gasteiger partial charge in [-0.1, -0.05) is 18.2 Å². The summed E-state index contributed by atoms with van der Waals surface area (Å²) in [6, 6.07) is 6.67. The van der Waals surface area contributed by atoms with Gasteiger partial charge >= 0.3 is 12.3 Å². The fraction of sp³-hybridized carbons (Fsp3) is 0.500. The van der Waals surface area contributed by atoms with Gasteiger partial charge in [-0.25, -0.2) is 9.79 Å². The van der Waals surface area contributed by atoms with E-state index in [1.54, 1.807) is 24.3 Å². The molecule has 4 nitrogen and oxygen atoms in total. The van der Waals surface area contributed by atoms with Crippen molar-refractivity contribution in [3.05, 3.63) is 36.8 Å². The van der Waals surface area contributed by atoms with E-state index in [-0.39, 0.29) is 25.9 Å². The molecule has 1 amide bonds. The number of hydrogen-bond donors (Lipinski definition) is 0. The molecule has 1 fully saturated rings. The minimum absolute atomic E-state index is 0.141. The first-order valence-electron chi connectivity index (χ1n) is 8.06. The van der Waals surface area contributed by atoms with Crippen LogP contribution in [0.2, 0.25) is 0 Å². The Kier molecular flexibility index (Phi) is 4.08. The number of fused-ring (bicyclic) bond motifs is 2. The van der Waals surface area contributed by atoms with E-state index in [0.717, 1.165) is 0 Å². The van der Waals surface area contributed by atoms with Crippen LogP contribution in [0.5, 0.6) is 0 Å². The number of alkyl halides is 3. The molecule has 3 rings (SSSR count). The van der Waals surface area contributed by atoms with Crippen molar-refractivity contribution in [2.24, 2.45) is 4.99 Å². The van der Waals surface area contributed by atoms with Crippen LogP contribution in [-0.4, -0.2) is 41.6 Å². The van der Waals surface area contributed by atoms with E-state index in [9.17, 15) is 18.0 Å². The van der Waals surface area contributed by atoms with Crippen LogP contribution >= 0.6 is 0 Å². The summed E-state index contributed by atoms with van der Waals surface area (Å²) < 4.78 is 45.8. The van der Waals surface area contributed by atoms with Crippen LogP contribution in [0.4, 0.5) is 23.7 Å². The number of amides is 1. The highest BCUT2D eigenvalue weighted by atomic mass is 19.4. The molecule has 0 atom stereocenters. The summed E-state index contributed by atoms with van der Waals surface area (Å²) in [5.74, 6) is 0. The fourth-order valence-electron chi connectivity index (χ4n) is 3.53. The Morgan fingerprint density at radius 3 is 2.40 bits per heavy atom. The molecule has 0 unspecified atom stereocenters. The molecule has 2 aliphatic rings. The summed E-state index contributed by atoms with van der Waals surface area (Å²) in [6.07, 6.45) is -4.84. The maximum absolute atomic E-state index is 13.6. The van der Waals surface area contributed by atoms with Gasteiger partial charge in [-0.3, -0.25) is 0 Å². The zero-order valence-electron chi connectivity index (χ0n) is 14.1. The highest BCUT2D eigenvalue weighted by Crippen LogP contribution is 2.50. The molecule has 2 heterocycles. The molecule has 1 saturated heterocycles. The number of benzene rings is 1. The summed E-state index contributed by atoms with van der Waals surface area (Å²) in [5.41, 5.74) is -2.17. The molecule has 0 N–H and O–H groups in total. The van der Waals surface area contributed by atoms with E-state index in [2.05, 4.69) is 4.99 Å².